The van der Waals surface area contributed by atoms with E-state index in [9.17, 15) is 14.7 Å². The number of nitrogens with two attached hydrogens (primary N) is 1. The van der Waals surface area contributed by atoms with Crippen LogP contribution in [-0.2, 0) is 0 Å². The van der Waals surface area contributed by atoms with E-state index in [1.165, 1.54) is 7.05 Å². The number of amides is 2. The summed E-state index contributed by atoms with van der Waals surface area (Å²) in [4.78, 5) is 30.4. The molecule has 4 rings (SSSR count). The van der Waals surface area contributed by atoms with Crippen molar-refractivity contribution in [3.8, 4) is 11.1 Å². The Morgan fingerprint density at radius 1 is 0.895 bits per heavy atom. The third-order valence-corrected chi connectivity index (χ3v) is 8.52. The van der Waals surface area contributed by atoms with Crippen LogP contribution in [0.25, 0.3) is 11.1 Å². The van der Waals surface area contributed by atoms with Crippen molar-refractivity contribution >= 4 is 36.6 Å². The summed E-state index contributed by atoms with van der Waals surface area (Å²) >= 11 is 0. The second kappa shape index (κ2) is 10.9. The van der Waals surface area contributed by atoms with Crippen LogP contribution < -0.4 is 21.3 Å². The zero-order valence-corrected chi connectivity index (χ0v) is 22.9. The summed E-state index contributed by atoms with van der Waals surface area (Å²) in [7, 11) is -0.196. The fourth-order valence-electron chi connectivity index (χ4n) is 4.25. The first-order valence-corrected chi connectivity index (χ1v) is 15.8. The number of nitrogens with one attached hydrogen (secondary N) is 1. The Bertz CT molecular complexity index is 1450. The molecule has 0 saturated carbocycles. The molecule has 3 aromatic carbocycles. The highest BCUT2D eigenvalue weighted by Crippen LogP contribution is 2.29. The van der Waals surface area contributed by atoms with E-state index >= 15 is 0 Å². The Balaban J connectivity index is 1.61. The number of aromatic nitrogens is 1. The number of nitrogens with zero attached hydrogens (tertiary/aromatic N) is 2. The minimum Gasteiger partial charge on any atom is -0.530 e. The number of rotatable bonds is 7. The minimum atomic E-state index is -1.67. The average Bonchev–Trinajstić information content (AvgIpc) is 2.90. The summed E-state index contributed by atoms with van der Waals surface area (Å²) in [5.74, 6) is -0.319. The van der Waals surface area contributed by atoms with Crippen LogP contribution >= 0.6 is 0 Å². The second-order valence-electron chi connectivity index (χ2n) is 10.3. The van der Waals surface area contributed by atoms with E-state index in [2.05, 4.69) is 29.9 Å². The Labute approximate surface area is 224 Å². The van der Waals surface area contributed by atoms with Crippen molar-refractivity contribution < 1.29 is 14.7 Å². The number of hydrogen-bond donors (Lipinski definition) is 2. The lowest BCUT2D eigenvalue weighted by Crippen LogP contribution is -2.42. The van der Waals surface area contributed by atoms with Gasteiger partial charge in [0.2, 0.25) is 0 Å². The van der Waals surface area contributed by atoms with Crippen molar-refractivity contribution in [2.75, 3.05) is 18.1 Å². The van der Waals surface area contributed by atoms with Gasteiger partial charge in [-0.25, -0.2) is 0 Å². The molecule has 4 aromatic rings. The van der Waals surface area contributed by atoms with Gasteiger partial charge in [-0.2, -0.15) is 0 Å². The molecular formula is C30H31N4O3Si-. The van der Waals surface area contributed by atoms with Crippen molar-refractivity contribution in [2.24, 2.45) is 0 Å². The quantitative estimate of drug-likeness (QED) is 0.274. The molecule has 0 aliphatic heterocycles. The minimum absolute atomic E-state index is 0.319. The highest BCUT2D eigenvalue weighted by atomic mass is 28.3. The van der Waals surface area contributed by atoms with Crippen molar-refractivity contribution in [3.63, 3.8) is 0 Å². The molecule has 0 aliphatic rings. The number of carbonyl (C=O) groups is 2. The molecule has 1 atom stereocenters. The molecule has 0 bridgehead atoms. The first-order valence-electron chi connectivity index (χ1n) is 12.3. The molecule has 0 saturated heterocycles. The lowest BCUT2D eigenvalue weighted by Gasteiger charge is -2.31. The number of pyridine rings is 1. The van der Waals surface area contributed by atoms with Crippen molar-refractivity contribution in [3.05, 3.63) is 108 Å². The number of carboxylic acid groups (broad SMARTS) is 1. The number of hydrogen-bond acceptors (Lipinski definition) is 5. The Morgan fingerprint density at radius 3 is 2.21 bits per heavy atom. The normalized spacial score (nSPS) is 12.0. The third-order valence-electron chi connectivity index (χ3n) is 6.51. The van der Waals surface area contributed by atoms with Crippen LogP contribution in [0.2, 0.25) is 19.6 Å². The maximum atomic E-state index is 13.1. The summed E-state index contributed by atoms with van der Waals surface area (Å²) in [5, 5.41) is 15.9. The van der Waals surface area contributed by atoms with Crippen LogP contribution in [0.4, 0.5) is 16.2 Å². The van der Waals surface area contributed by atoms with Crippen molar-refractivity contribution in [2.45, 2.75) is 25.7 Å². The lowest BCUT2D eigenvalue weighted by molar-refractivity contribution is -0.265. The molecule has 0 fully saturated rings. The highest BCUT2D eigenvalue weighted by molar-refractivity contribution is 6.88. The largest absolute Gasteiger partial charge is 0.530 e. The van der Waals surface area contributed by atoms with E-state index < -0.39 is 20.2 Å². The summed E-state index contributed by atoms with van der Waals surface area (Å²) < 4.78 is 0. The van der Waals surface area contributed by atoms with E-state index in [0.29, 0.717) is 22.5 Å². The number of benzene rings is 3. The van der Waals surface area contributed by atoms with Gasteiger partial charge in [-0.1, -0.05) is 74.2 Å². The van der Waals surface area contributed by atoms with Gasteiger partial charge in [-0.05, 0) is 51.7 Å². The van der Waals surface area contributed by atoms with Gasteiger partial charge in [0.15, 0.2) is 0 Å². The number of anilines is 2. The monoisotopic (exact) mass is 523 g/mol. The fraction of sp³-hybridized carbons (Fsp3) is 0.167. The van der Waals surface area contributed by atoms with Crippen LogP contribution in [-0.4, -0.2) is 37.0 Å². The average molecular weight is 524 g/mol. The number of carbonyl (C=O) groups excluding carboxylic acids is 2. The zero-order valence-electron chi connectivity index (χ0n) is 21.9. The summed E-state index contributed by atoms with van der Waals surface area (Å²) in [6.45, 7) is 6.63. The maximum Gasteiger partial charge on any atom is 0.255 e. The topological polar surface area (TPSA) is 111 Å². The molecule has 0 aliphatic carbocycles. The molecule has 1 aromatic heterocycles. The molecule has 0 spiro atoms. The van der Waals surface area contributed by atoms with Crippen molar-refractivity contribution in [1.82, 2.24) is 9.88 Å². The molecule has 1 heterocycles. The zero-order chi connectivity index (χ0) is 27.4. The van der Waals surface area contributed by atoms with E-state index in [4.69, 9.17) is 5.73 Å². The molecule has 2 amide bonds. The predicted octanol–water partition coefficient (Wildman–Crippen LogP) is 4.49. The van der Waals surface area contributed by atoms with E-state index in [1.54, 1.807) is 36.5 Å². The summed E-state index contributed by atoms with van der Waals surface area (Å²) in [6, 6.07) is 23.6. The van der Waals surface area contributed by atoms with Crippen LogP contribution in [0.1, 0.15) is 27.5 Å². The van der Waals surface area contributed by atoms with Crippen LogP contribution in [0, 0.1) is 0 Å². The third kappa shape index (κ3) is 5.92. The molecule has 0 radical (unpaired) electrons. The van der Waals surface area contributed by atoms with Gasteiger partial charge >= 0.3 is 0 Å². The smallest absolute Gasteiger partial charge is 0.255 e. The SMILES string of the molecule is CN(C(=O)[O-])C(c1ccc(C(=O)Nc2cc(-c3ccccc3)ccc2N)cc1)c1cncc([Si](C)(C)C)c1. The standard InChI is InChI=1S/C30H32N4O3Si/c1-34(30(36)37)28(24-16-25(19-32-18-24)38(2,3)4)21-10-12-22(13-11-21)29(35)33-27-17-23(14-15-26(27)31)20-8-6-5-7-9-20/h5-19,28H,31H2,1-4H3,(H,33,35)(H,36,37)/p-1. The van der Waals surface area contributed by atoms with Crippen LogP contribution in [0.5, 0.6) is 0 Å². The lowest BCUT2D eigenvalue weighted by atomic mass is 9.97. The fourth-order valence-corrected chi connectivity index (χ4v) is 5.31. The van der Waals surface area contributed by atoms with Gasteiger partial charge in [0, 0.05) is 25.0 Å². The first-order chi connectivity index (χ1) is 18.0. The second-order valence-corrected chi connectivity index (χ2v) is 15.4. The van der Waals surface area contributed by atoms with Gasteiger partial charge in [0.05, 0.1) is 25.5 Å². The first kappa shape index (κ1) is 26.6. The Kier molecular flexibility index (Phi) is 7.64. The van der Waals surface area contributed by atoms with Gasteiger partial charge < -0.3 is 25.9 Å². The molecule has 3 N–H and O–H groups in total. The van der Waals surface area contributed by atoms with E-state index in [1.807, 2.05) is 54.7 Å². The molecule has 1 unspecified atom stereocenters. The van der Waals surface area contributed by atoms with E-state index in [0.717, 1.165) is 26.8 Å². The maximum absolute atomic E-state index is 13.1. The van der Waals surface area contributed by atoms with Crippen LogP contribution in [0.15, 0.2) is 91.3 Å². The van der Waals surface area contributed by atoms with Crippen LogP contribution in [0.3, 0.4) is 0 Å². The molecular weight excluding hydrogens is 492 g/mol. The number of nitrogen functional groups attached to an aromatic ring is 1. The molecule has 38 heavy (non-hydrogen) atoms. The molecule has 8 heteroatoms. The molecule has 7 nitrogen and oxygen atoms in total. The van der Waals surface area contributed by atoms with Crippen molar-refractivity contribution in [1.29, 1.82) is 0 Å². The molecule has 194 valence electrons. The van der Waals surface area contributed by atoms with Gasteiger partial charge in [-0.15, -0.1) is 0 Å². The predicted molar refractivity (Wildman–Crippen MR) is 153 cm³/mol. The van der Waals surface area contributed by atoms with Gasteiger partial charge in [-0.3, -0.25) is 9.78 Å². The highest BCUT2D eigenvalue weighted by Gasteiger charge is 2.24. The Morgan fingerprint density at radius 2 is 1.58 bits per heavy atom. The summed E-state index contributed by atoms with van der Waals surface area (Å²) in [6.07, 6.45) is 2.22. The van der Waals surface area contributed by atoms with Gasteiger partial charge in [0.25, 0.3) is 5.91 Å². The van der Waals surface area contributed by atoms with Gasteiger partial charge in [0.1, 0.15) is 6.09 Å². The van der Waals surface area contributed by atoms with E-state index in [-0.39, 0.29) is 5.91 Å². The Hall–Kier alpha value is -4.43. The summed E-state index contributed by atoms with van der Waals surface area (Å²) in [5.41, 5.74) is 10.9.